The van der Waals surface area contributed by atoms with Gasteiger partial charge in [0.05, 0.1) is 51.7 Å². The summed E-state index contributed by atoms with van der Waals surface area (Å²) in [6, 6.07) is 20.4. The molecule has 0 radical (unpaired) electrons. The molecule has 3 aromatic rings. The third-order valence-electron chi connectivity index (χ3n) is 6.81. The van der Waals surface area contributed by atoms with E-state index >= 15 is 0 Å². The second kappa shape index (κ2) is 14.6. The molecule has 0 bridgehead atoms. The van der Waals surface area contributed by atoms with Gasteiger partial charge in [-0.25, -0.2) is 13.6 Å². The Balaban J connectivity index is 1.38. The maximum atomic E-state index is 14.3. The van der Waals surface area contributed by atoms with Crippen molar-refractivity contribution in [3.05, 3.63) is 101 Å². The first-order valence-corrected chi connectivity index (χ1v) is 14.1. The number of benzene rings is 3. The van der Waals surface area contributed by atoms with Gasteiger partial charge in [-0.05, 0) is 62.2 Å². The van der Waals surface area contributed by atoms with E-state index in [9.17, 15) is 18.7 Å². The van der Waals surface area contributed by atoms with E-state index in [0.29, 0.717) is 25.6 Å². The quantitative estimate of drug-likeness (QED) is 0.270. The van der Waals surface area contributed by atoms with E-state index in [1.807, 2.05) is 54.6 Å². The van der Waals surface area contributed by atoms with Crippen LogP contribution in [0.1, 0.15) is 49.8 Å². The summed E-state index contributed by atoms with van der Waals surface area (Å²) in [5.41, 5.74) is 1.23. The van der Waals surface area contributed by atoms with E-state index in [4.69, 9.17) is 18.9 Å². The summed E-state index contributed by atoms with van der Waals surface area (Å²) in [4.78, 5) is 14.2. The number of aliphatic hydroxyl groups excluding tert-OH is 1. The van der Waals surface area contributed by atoms with E-state index < -0.39 is 41.5 Å². The molecule has 4 rings (SSSR count). The lowest BCUT2D eigenvalue weighted by Crippen LogP contribution is -2.54. The summed E-state index contributed by atoms with van der Waals surface area (Å²) >= 11 is 0. The Kier molecular flexibility index (Phi) is 10.9. The number of β-amino-alcohol motifs (C(OH)–C–C–N with tert-alkyl or cyclic N) is 1. The van der Waals surface area contributed by atoms with Crippen molar-refractivity contribution in [1.29, 1.82) is 0 Å². The Morgan fingerprint density at radius 1 is 0.952 bits per heavy atom. The molecule has 3 aromatic carbocycles. The lowest BCUT2D eigenvalue weighted by atomic mass is 9.84. The van der Waals surface area contributed by atoms with Gasteiger partial charge in [0.25, 0.3) is 0 Å². The topological polar surface area (TPSA) is 77.5 Å². The normalized spacial score (nSPS) is 19.0. The fourth-order valence-electron chi connectivity index (χ4n) is 4.81. The molecule has 0 spiro atoms. The van der Waals surface area contributed by atoms with Gasteiger partial charge in [-0.1, -0.05) is 42.5 Å². The molecule has 0 aliphatic carbocycles. The van der Waals surface area contributed by atoms with Gasteiger partial charge >= 0.3 is 6.09 Å². The van der Waals surface area contributed by atoms with Crippen molar-refractivity contribution in [2.24, 2.45) is 0 Å². The van der Waals surface area contributed by atoms with E-state index in [0.717, 1.165) is 35.7 Å². The van der Waals surface area contributed by atoms with Crippen molar-refractivity contribution in [2.45, 2.75) is 64.1 Å². The highest BCUT2D eigenvalue weighted by atomic mass is 19.1. The van der Waals surface area contributed by atoms with Crippen molar-refractivity contribution in [1.82, 2.24) is 4.90 Å². The fraction of sp³-hybridized carbons (Fsp3) is 0.424. The molecule has 3 unspecified atom stereocenters. The Morgan fingerprint density at radius 2 is 1.69 bits per heavy atom. The zero-order chi connectivity index (χ0) is 30.1. The van der Waals surface area contributed by atoms with Gasteiger partial charge in [0.1, 0.15) is 23.0 Å². The van der Waals surface area contributed by atoms with Crippen molar-refractivity contribution in [2.75, 3.05) is 26.3 Å². The van der Waals surface area contributed by atoms with Gasteiger partial charge in [-0.3, -0.25) is 0 Å². The van der Waals surface area contributed by atoms with Crippen LogP contribution in [-0.2, 0) is 27.4 Å². The van der Waals surface area contributed by atoms with Crippen LogP contribution in [0.3, 0.4) is 0 Å². The van der Waals surface area contributed by atoms with Crippen LogP contribution in [0.25, 0.3) is 0 Å². The number of hydrogen-bond acceptors (Lipinski definition) is 6. The van der Waals surface area contributed by atoms with Gasteiger partial charge in [-0.15, -0.1) is 0 Å². The number of hydrogen-bond donors (Lipinski definition) is 1. The summed E-state index contributed by atoms with van der Waals surface area (Å²) in [7, 11) is 0. The molecule has 9 heteroatoms. The first-order chi connectivity index (χ1) is 20.1. The summed E-state index contributed by atoms with van der Waals surface area (Å²) in [6.45, 7) is 6.80. The molecule has 226 valence electrons. The molecule has 1 N–H and O–H groups in total. The van der Waals surface area contributed by atoms with Crippen LogP contribution >= 0.6 is 0 Å². The SMILES string of the molecule is CC(C)(C)OC(=O)N1CC(O)C(c2ccc(OCCCOCc3ccccc3)cc2)C(OCc2cc(F)ccc2F)C1. The van der Waals surface area contributed by atoms with Crippen molar-refractivity contribution in [3.8, 4) is 5.75 Å². The fourth-order valence-corrected chi connectivity index (χ4v) is 4.81. The maximum absolute atomic E-state index is 14.3. The number of carbonyl (C=O) groups is 1. The number of likely N-dealkylation sites (tertiary alicyclic amines) is 1. The number of aliphatic hydroxyl groups is 1. The monoisotopic (exact) mass is 583 g/mol. The van der Waals surface area contributed by atoms with E-state index in [1.54, 1.807) is 20.8 Å². The second-order valence-corrected chi connectivity index (χ2v) is 11.4. The van der Waals surface area contributed by atoms with Crippen LogP contribution in [0.15, 0.2) is 72.8 Å². The predicted molar refractivity (Wildman–Crippen MR) is 154 cm³/mol. The Hall–Kier alpha value is -3.53. The third-order valence-corrected chi connectivity index (χ3v) is 6.81. The molecular weight excluding hydrogens is 544 g/mol. The standard InChI is InChI=1S/C33H39F2NO6/c1-33(2,3)42-32(38)36-19-29(37)31(30(20-36)41-22-25-18-26(34)12-15-28(25)35)24-10-13-27(14-11-24)40-17-7-16-39-21-23-8-5-4-6-9-23/h4-6,8-15,18,29-31,37H,7,16-17,19-22H2,1-3H3. The smallest absolute Gasteiger partial charge is 0.410 e. The summed E-state index contributed by atoms with van der Waals surface area (Å²) in [6.07, 6.45) is -1.55. The molecule has 0 saturated carbocycles. The Morgan fingerprint density at radius 3 is 2.40 bits per heavy atom. The second-order valence-electron chi connectivity index (χ2n) is 11.4. The average molecular weight is 584 g/mol. The average Bonchev–Trinajstić information content (AvgIpc) is 2.95. The number of piperidine rings is 1. The minimum Gasteiger partial charge on any atom is -0.494 e. The van der Waals surface area contributed by atoms with Crippen LogP contribution in [0, 0.1) is 11.6 Å². The minimum absolute atomic E-state index is 0.0367. The largest absolute Gasteiger partial charge is 0.494 e. The first kappa shape index (κ1) is 31.4. The molecule has 0 aromatic heterocycles. The van der Waals surface area contributed by atoms with Crippen molar-refractivity contribution < 1.29 is 37.6 Å². The van der Waals surface area contributed by atoms with Crippen LogP contribution in [-0.4, -0.2) is 60.2 Å². The van der Waals surface area contributed by atoms with Crippen LogP contribution in [0.4, 0.5) is 13.6 Å². The molecule has 42 heavy (non-hydrogen) atoms. The summed E-state index contributed by atoms with van der Waals surface area (Å²) in [5.74, 6) is -1.04. The number of amides is 1. The van der Waals surface area contributed by atoms with Crippen molar-refractivity contribution in [3.63, 3.8) is 0 Å². The van der Waals surface area contributed by atoms with Crippen molar-refractivity contribution >= 4 is 6.09 Å². The van der Waals surface area contributed by atoms with Crippen LogP contribution in [0.5, 0.6) is 5.75 Å². The van der Waals surface area contributed by atoms with Gasteiger partial charge in [0, 0.05) is 17.9 Å². The Bertz CT molecular complexity index is 1280. The minimum atomic E-state index is -0.984. The molecule has 3 atom stereocenters. The highest BCUT2D eigenvalue weighted by molar-refractivity contribution is 5.68. The molecule has 1 saturated heterocycles. The zero-order valence-corrected chi connectivity index (χ0v) is 24.3. The lowest BCUT2D eigenvalue weighted by Gasteiger charge is -2.42. The third kappa shape index (κ3) is 9.24. The maximum Gasteiger partial charge on any atom is 0.410 e. The molecule has 1 heterocycles. The van der Waals surface area contributed by atoms with E-state index in [1.165, 1.54) is 4.90 Å². The number of rotatable bonds is 11. The number of halogens is 2. The van der Waals surface area contributed by atoms with Crippen LogP contribution < -0.4 is 4.74 Å². The molecule has 7 nitrogen and oxygen atoms in total. The Labute approximate surface area is 246 Å². The zero-order valence-electron chi connectivity index (χ0n) is 24.3. The number of ether oxygens (including phenoxy) is 4. The predicted octanol–water partition coefficient (Wildman–Crippen LogP) is 6.23. The summed E-state index contributed by atoms with van der Waals surface area (Å²) in [5, 5.41) is 11.2. The van der Waals surface area contributed by atoms with Gasteiger partial charge in [0.15, 0.2) is 0 Å². The molecule has 1 aliphatic heterocycles. The first-order valence-electron chi connectivity index (χ1n) is 14.1. The van der Waals surface area contributed by atoms with Gasteiger partial charge in [-0.2, -0.15) is 0 Å². The molecular formula is C33H39F2NO6. The van der Waals surface area contributed by atoms with Gasteiger partial charge < -0.3 is 29.0 Å². The highest BCUT2D eigenvalue weighted by Gasteiger charge is 2.40. The molecule has 1 fully saturated rings. The highest BCUT2D eigenvalue weighted by Crippen LogP contribution is 2.33. The molecule has 1 amide bonds. The molecule has 1 aliphatic rings. The van der Waals surface area contributed by atoms with Crippen LogP contribution in [0.2, 0.25) is 0 Å². The number of carbonyl (C=O) groups excluding carboxylic acids is 1. The lowest BCUT2D eigenvalue weighted by molar-refractivity contribution is -0.0760. The van der Waals surface area contributed by atoms with E-state index in [2.05, 4.69) is 0 Å². The van der Waals surface area contributed by atoms with Gasteiger partial charge in [0.2, 0.25) is 0 Å². The summed E-state index contributed by atoms with van der Waals surface area (Å²) < 4.78 is 51.2. The van der Waals surface area contributed by atoms with E-state index in [-0.39, 0.29) is 25.3 Å². The number of nitrogens with zero attached hydrogens (tertiary/aromatic N) is 1.